The topological polar surface area (TPSA) is 32.6 Å². The molecule has 1 aliphatic rings. The van der Waals surface area contributed by atoms with E-state index in [9.17, 15) is 0 Å². The first-order valence-corrected chi connectivity index (χ1v) is 7.45. The largest absolute Gasteiger partial charge is 0.308 e. The van der Waals surface area contributed by atoms with Crippen molar-refractivity contribution < 1.29 is 0 Å². The zero-order chi connectivity index (χ0) is 12.5. The summed E-state index contributed by atoms with van der Waals surface area (Å²) in [5, 5.41) is 5.78. The standard InChI is InChI=1S/C13H20N4S/c1-10-12(17-7-8-18-13(17)15-10)9-14-11-3-5-16(2)6-4-11/h7-8,11,14H,3-6,9H2,1-2H3. The van der Waals surface area contributed by atoms with Crippen molar-refractivity contribution in [1.82, 2.24) is 19.6 Å². The summed E-state index contributed by atoms with van der Waals surface area (Å²) < 4.78 is 2.21. The van der Waals surface area contributed by atoms with E-state index < -0.39 is 0 Å². The minimum absolute atomic E-state index is 0.657. The third-order valence-corrected chi connectivity index (χ3v) is 4.59. The smallest absolute Gasteiger partial charge is 0.194 e. The van der Waals surface area contributed by atoms with Crippen LogP contribution in [0.2, 0.25) is 0 Å². The zero-order valence-corrected chi connectivity index (χ0v) is 11.8. The van der Waals surface area contributed by atoms with Gasteiger partial charge in [-0.1, -0.05) is 0 Å². The summed E-state index contributed by atoms with van der Waals surface area (Å²) in [6.07, 6.45) is 4.62. The zero-order valence-electron chi connectivity index (χ0n) is 11.0. The van der Waals surface area contributed by atoms with Crippen LogP contribution in [0.5, 0.6) is 0 Å². The first kappa shape index (κ1) is 12.1. The molecule has 2 aromatic rings. The van der Waals surface area contributed by atoms with E-state index in [1.807, 2.05) is 0 Å². The van der Waals surface area contributed by atoms with Crippen molar-refractivity contribution in [3.63, 3.8) is 0 Å². The Morgan fingerprint density at radius 3 is 3.00 bits per heavy atom. The van der Waals surface area contributed by atoms with Crippen LogP contribution in [0.1, 0.15) is 24.2 Å². The quantitative estimate of drug-likeness (QED) is 0.919. The summed E-state index contributed by atoms with van der Waals surface area (Å²) in [5.74, 6) is 0. The van der Waals surface area contributed by atoms with Crippen LogP contribution in [0.15, 0.2) is 11.6 Å². The van der Waals surface area contributed by atoms with Gasteiger partial charge in [0.2, 0.25) is 0 Å². The van der Waals surface area contributed by atoms with Gasteiger partial charge in [-0.25, -0.2) is 4.98 Å². The van der Waals surface area contributed by atoms with E-state index in [1.54, 1.807) is 11.3 Å². The van der Waals surface area contributed by atoms with Gasteiger partial charge in [-0.3, -0.25) is 4.40 Å². The molecule has 1 saturated heterocycles. The second-order valence-corrected chi connectivity index (χ2v) is 6.03. The average molecular weight is 264 g/mol. The van der Waals surface area contributed by atoms with Gasteiger partial charge >= 0.3 is 0 Å². The minimum Gasteiger partial charge on any atom is -0.308 e. The number of aryl methyl sites for hydroxylation is 1. The highest BCUT2D eigenvalue weighted by molar-refractivity contribution is 7.15. The Hall–Kier alpha value is -0.910. The maximum Gasteiger partial charge on any atom is 0.194 e. The van der Waals surface area contributed by atoms with Gasteiger partial charge in [0.25, 0.3) is 0 Å². The first-order chi connectivity index (χ1) is 8.74. The molecular weight excluding hydrogens is 244 g/mol. The molecule has 3 heterocycles. The summed E-state index contributed by atoms with van der Waals surface area (Å²) in [6, 6.07) is 0.657. The minimum atomic E-state index is 0.657. The van der Waals surface area contributed by atoms with Gasteiger partial charge < -0.3 is 10.2 Å². The molecule has 1 N–H and O–H groups in total. The number of piperidine rings is 1. The van der Waals surface area contributed by atoms with Crippen LogP contribution in [-0.4, -0.2) is 40.5 Å². The van der Waals surface area contributed by atoms with E-state index >= 15 is 0 Å². The second kappa shape index (κ2) is 4.99. The van der Waals surface area contributed by atoms with Gasteiger partial charge in [0.05, 0.1) is 11.4 Å². The van der Waals surface area contributed by atoms with Crippen molar-refractivity contribution in [2.45, 2.75) is 32.4 Å². The van der Waals surface area contributed by atoms with Crippen molar-refractivity contribution in [1.29, 1.82) is 0 Å². The predicted molar refractivity (Wildman–Crippen MR) is 75.2 cm³/mol. The van der Waals surface area contributed by atoms with Crippen molar-refractivity contribution in [3.8, 4) is 0 Å². The Kier molecular flexibility index (Phi) is 3.37. The van der Waals surface area contributed by atoms with Gasteiger partial charge in [-0.2, -0.15) is 0 Å². The van der Waals surface area contributed by atoms with Crippen LogP contribution in [0.3, 0.4) is 0 Å². The van der Waals surface area contributed by atoms with Crippen LogP contribution in [0.4, 0.5) is 0 Å². The monoisotopic (exact) mass is 264 g/mol. The third-order valence-electron chi connectivity index (χ3n) is 3.84. The Morgan fingerprint density at radius 1 is 1.44 bits per heavy atom. The number of nitrogens with zero attached hydrogens (tertiary/aromatic N) is 3. The number of hydrogen-bond acceptors (Lipinski definition) is 4. The van der Waals surface area contributed by atoms with Gasteiger partial charge in [-0.15, -0.1) is 11.3 Å². The fourth-order valence-corrected chi connectivity index (χ4v) is 3.39. The van der Waals surface area contributed by atoms with Crippen LogP contribution in [-0.2, 0) is 6.54 Å². The van der Waals surface area contributed by atoms with E-state index in [2.05, 4.69) is 45.1 Å². The van der Waals surface area contributed by atoms with E-state index in [0.29, 0.717) is 6.04 Å². The molecule has 0 saturated carbocycles. The molecule has 2 aromatic heterocycles. The molecule has 18 heavy (non-hydrogen) atoms. The Balaban J connectivity index is 1.66. The highest BCUT2D eigenvalue weighted by Gasteiger charge is 2.17. The molecule has 0 radical (unpaired) electrons. The number of likely N-dealkylation sites (tertiary alicyclic amines) is 1. The van der Waals surface area contributed by atoms with Gasteiger partial charge in [0.1, 0.15) is 0 Å². The number of hydrogen-bond donors (Lipinski definition) is 1. The number of thiazole rings is 1. The molecule has 1 fully saturated rings. The van der Waals surface area contributed by atoms with Crippen LogP contribution in [0, 0.1) is 6.92 Å². The second-order valence-electron chi connectivity index (χ2n) is 5.16. The molecule has 5 heteroatoms. The lowest BCUT2D eigenvalue weighted by Crippen LogP contribution is -2.40. The number of fused-ring (bicyclic) bond motifs is 1. The summed E-state index contributed by atoms with van der Waals surface area (Å²) in [4.78, 5) is 8.09. The molecule has 4 nitrogen and oxygen atoms in total. The lowest BCUT2D eigenvalue weighted by Gasteiger charge is -2.29. The van der Waals surface area contributed by atoms with E-state index in [1.165, 1.54) is 31.6 Å². The Bertz CT molecular complexity index is 522. The third kappa shape index (κ3) is 2.30. The lowest BCUT2D eigenvalue weighted by molar-refractivity contribution is 0.233. The predicted octanol–water partition coefficient (Wildman–Crippen LogP) is 1.89. The van der Waals surface area contributed by atoms with Crippen LogP contribution in [0.25, 0.3) is 4.96 Å². The van der Waals surface area contributed by atoms with Crippen molar-refractivity contribution in [2.75, 3.05) is 20.1 Å². The maximum atomic E-state index is 4.58. The normalized spacial score (nSPS) is 18.8. The number of nitrogens with one attached hydrogen (secondary N) is 1. The molecule has 0 atom stereocenters. The van der Waals surface area contributed by atoms with Crippen LogP contribution < -0.4 is 5.32 Å². The van der Waals surface area contributed by atoms with Crippen molar-refractivity contribution in [2.24, 2.45) is 0 Å². The molecule has 1 aliphatic heterocycles. The van der Waals surface area contributed by atoms with Gasteiger partial charge in [0, 0.05) is 24.2 Å². The molecule has 0 bridgehead atoms. The Morgan fingerprint density at radius 2 is 2.22 bits per heavy atom. The van der Waals surface area contributed by atoms with E-state index in [0.717, 1.165) is 17.2 Å². The highest BCUT2D eigenvalue weighted by atomic mass is 32.1. The fourth-order valence-electron chi connectivity index (χ4n) is 2.61. The fraction of sp³-hybridized carbons (Fsp3) is 0.615. The summed E-state index contributed by atoms with van der Waals surface area (Å²) in [6.45, 7) is 5.44. The molecule has 0 amide bonds. The molecular formula is C13H20N4S. The summed E-state index contributed by atoms with van der Waals surface area (Å²) in [5.41, 5.74) is 2.47. The van der Waals surface area contributed by atoms with Crippen LogP contribution >= 0.6 is 11.3 Å². The first-order valence-electron chi connectivity index (χ1n) is 6.57. The maximum absolute atomic E-state index is 4.58. The van der Waals surface area contributed by atoms with Crippen molar-refractivity contribution in [3.05, 3.63) is 23.0 Å². The summed E-state index contributed by atoms with van der Waals surface area (Å²) >= 11 is 1.70. The molecule has 0 aromatic carbocycles. The molecule has 98 valence electrons. The van der Waals surface area contributed by atoms with E-state index in [4.69, 9.17) is 0 Å². The van der Waals surface area contributed by atoms with Crippen molar-refractivity contribution >= 4 is 16.3 Å². The average Bonchev–Trinajstić information content (AvgIpc) is 2.90. The highest BCUT2D eigenvalue weighted by Crippen LogP contribution is 2.17. The summed E-state index contributed by atoms with van der Waals surface area (Å²) in [7, 11) is 2.20. The lowest BCUT2D eigenvalue weighted by atomic mass is 10.1. The number of aromatic nitrogens is 2. The molecule has 0 spiro atoms. The number of imidazole rings is 1. The molecule has 0 aliphatic carbocycles. The van der Waals surface area contributed by atoms with E-state index in [-0.39, 0.29) is 0 Å². The van der Waals surface area contributed by atoms with Gasteiger partial charge in [0.15, 0.2) is 4.96 Å². The molecule has 0 unspecified atom stereocenters. The van der Waals surface area contributed by atoms with Gasteiger partial charge in [-0.05, 0) is 39.9 Å². The number of rotatable bonds is 3. The Labute approximate surface area is 112 Å². The molecule has 3 rings (SSSR count). The SMILES string of the molecule is Cc1nc2sccn2c1CNC1CCN(C)CC1.